The van der Waals surface area contributed by atoms with Crippen molar-refractivity contribution in [3.05, 3.63) is 52.2 Å². The Morgan fingerprint density at radius 2 is 1.96 bits per heavy atom. The maximum Gasteiger partial charge on any atom is 0.227 e. The Labute approximate surface area is 171 Å². The monoisotopic (exact) mass is 403 g/mol. The van der Waals surface area contributed by atoms with Crippen LogP contribution in [0.15, 0.2) is 46.7 Å². The van der Waals surface area contributed by atoms with Crippen LogP contribution in [0.5, 0.6) is 0 Å². The van der Waals surface area contributed by atoms with Gasteiger partial charge in [-0.3, -0.25) is 4.79 Å². The first-order valence-electron chi connectivity index (χ1n) is 9.77. The summed E-state index contributed by atoms with van der Waals surface area (Å²) < 4.78 is 5.50. The molecule has 0 aliphatic carbocycles. The summed E-state index contributed by atoms with van der Waals surface area (Å²) in [6.45, 7) is 6.71. The highest BCUT2D eigenvalue weighted by molar-refractivity contribution is 7.99. The van der Waals surface area contributed by atoms with Crippen LogP contribution in [0.1, 0.15) is 37.1 Å². The third-order valence-electron chi connectivity index (χ3n) is 4.78. The zero-order valence-corrected chi connectivity index (χ0v) is 17.9. The number of amides is 1. The lowest BCUT2D eigenvalue weighted by Gasteiger charge is -2.34. The summed E-state index contributed by atoms with van der Waals surface area (Å²) in [4.78, 5) is 17.8. The Hall–Kier alpha value is -1.30. The molecule has 146 valence electrons. The average Bonchev–Trinajstić information content (AvgIpc) is 3.17. The van der Waals surface area contributed by atoms with Crippen LogP contribution in [0.2, 0.25) is 0 Å². The molecular weight excluding hydrogens is 374 g/mol. The lowest BCUT2D eigenvalue weighted by atomic mass is 10.0. The van der Waals surface area contributed by atoms with Crippen LogP contribution >= 0.6 is 23.1 Å². The largest absolute Gasteiger partial charge is 0.381 e. The third-order valence-corrected chi connectivity index (χ3v) is 6.73. The Kier molecular flexibility index (Phi) is 7.80. The Morgan fingerprint density at radius 1 is 1.22 bits per heavy atom. The zero-order valence-electron chi connectivity index (χ0n) is 16.2. The second-order valence-electron chi connectivity index (χ2n) is 7.25. The van der Waals surface area contributed by atoms with E-state index in [0.29, 0.717) is 17.7 Å². The number of nitrogens with zero attached hydrogens (tertiary/aromatic N) is 1. The van der Waals surface area contributed by atoms with E-state index in [1.807, 2.05) is 11.8 Å². The van der Waals surface area contributed by atoms with Crippen LogP contribution in [0.3, 0.4) is 0 Å². The first-order valence-corrected chi connectivity index (χ1v) is 11.5. The molecule has 1 amide bonds. The lowest BCUT2D eigenvalue weighted by molar-refractivity contribution is -0.134. The number of thioether (sulfide) groups is 1. The smallest absolute Gasteiger partial charge is 0.227 e. The maximum atomic E-state index is 13.1. The number of ether oxygens (including phenoxy) is 1. The van der Waals surface area contributed by atoms with Crippen molar-refractivity contribution in [2.75, 3.05) is 19.8 Å². The van der Waals surface area contributed by atoms with Gasteiger partial charge in [0.1, 0.15) is 0 Å². The fraction of sp³-hybridized carbons (Fsp3) is 0.500. The molecule has 1 aromatic carbocycles. The van der Waals surface area contributed by atoms with Crippen LogP contribution in [0.4, 0.5) is 0 Å². The molecule has 1 saturated heterocycles. The van der Waals surface area contributed by atoms with Crippen LogP contribution in [-0.4, -0.2) is 41.9 Å². The van der Waals surface area contributed by atoms with Crippen LogP contribution in [-0.2, 0) is 22.4 Å². The highest BCUT2D eigenvalue weighted by atomic mass is 32.2. The first-order chi connectivity index (χ1) is 13.1. The van der Waals surface area contributed by atoms with Gasteiger partial charge in [0.05, 0.1) is 6.42 Å². The number of benzene rings is 1. The topological polar surface area (TPSA) is 29.5 Å². The number of hydrogen-bond donors (Lipinski definition) is 0. The molecule has 0 radical (unpaired) electrons. The summed E-state index contributed by atoms with van der Waals surface area (Å²) in [6.07, 6.45) is 3.31. The van der Waals surface area contributed by atoms with Crippen molar-refractivity contribution < 1.29 is 9.53 Å². The molecule has 0 unspecified atom stereocenters. The zero-order chi connectivity index (χ0) is 19.1. The van der Waals surface area contributed by atoms with Crippen molar-refractivity contribution in [1.82, 2.24) is 4.90 Å². The number of carbonyl (C=O) groups excluding carboxylic acids is 1. The lowest BCUT2D eigenvalue weighted by Crippen LogP contribution is -2.45. The van der Waals surface area contributed by atoms with E-state index in [-0.39, 0.29) is 5.91 Å². The van der Waals surface area contributed by atoms with Gasteiger partial charge in [0.25, 0.3) is 0 Å². The molecule has 2 aromatic rings. The predicted molar refractivity (Wildman–Crippen MR) is 115 cm³/mol. The summed E-state index contributed by atoms with van der Waals surface area (Å²) in [6, 6.07) is 13.0. The normalized spacial score (nSPS) is 15.2. The fourth-order valence-corrected chi connectivity index (χ4v) is 4.96. The predicted octanol–water partition coefficient (Wildman–Crippen LogP) is 5.04. The van der Waals surface area contributed by atoms with Gasteiger partial charge >= 0.3 is 0 Å². The second-order valence-corrected chi connectivity index (χ2v) is 9.93. The van der Waals surface area contributed by atoms with Crippen molar-refractivity contribution in [1.29, 1.82) is 0 Å². The molecule has 3 nitrogen and oxygen atoms in total. The van der Waals surface area contributed by atoms with E-state index in [1.165, 1.54) is 9.77 Å². The minimum absolute atomic E-state index is 0.239. The van der Waals surface area contributed by atoms with Crippen LogP contribution in [0.25, 0.3) is 0 Å². The Balaban J connectivity index is 1.64. The van der Waals surface area contributed by atoms with Crippen molar-refractivity contribution in [2.45, 2.75) is 55.7 Å². The standard InChI is InChI=1S/C22H29NO2S2/c1-17(2)27-21-7-5-18(6-8-21)16-22(24)23(19-10-13-25-14-11-19)12-9-20-4-3-15-26-20/h3-8,15,17,19H,9-14,16H2,1-2H3. The van der Waals surface area contributed by atoms with Gasteiger partial charge in [0.2, 0.25) is 5.91 Å². The van der Waals surface area contributed by atoms with Gasteiger partial charge in [-0.1, -0.05) is 32.0 Å². The van der Waals surface area contributed by atoms with Gasteiger partial charge in [-0.2, -0.15) is 0 Å². The molecule has 0 N–H and O–H groups in total. The molecule has 3 rings (SSSR count). The van der Waals surface area contributed by atoms with Gasteiger partial charge in [-0.25, -0.2) is 0 Å². The fourth-order valence-electron chi connectivity index (χ4n) is 3.43. The van der Waals surface area contributed by atoms with Gasteiger partial charge in [0.15, 0.2) is 0 Å². The molecule has 1 fully saturated rings. The second kappa shape index (κ2) is 10.3. The van der Waals surface area contributed by atoms with E-state index in [4.69, 9.17) is 4.74 Å². The van der Waals surface area contributed by atoms with Crippen molar-refractivity contribution in [3.63, 3.8) is 0 Å². The van der Waals surface area contributed by atoms with Crippen molar-refractivity contribution in [3.8, 4) is 0 Å². The highest BCUT2D eigenvalue weighted by Crippen LogP contribution is 2.24. The van der Waals surface area contributed by atoms with E-state index in [2.05, 4.69) is 60.5 Å². The van der Waals surface area contributed by atoms with E-state index in [0.717, 1.165) is 44.6 Å². The molecule has 0 bridgehead atoms. The summed E-state index contributed by atoms with van der Waals surface area (Å²) in [5, 5.41) is 2.67. The molecule has 0 atom stereocenters. The quantitative estimate of drug-likeness (QED) is 0.578. The van der Waals surface area contributed by atoms with E-state index >= 15 is 0 Å². The van der Waals surface area contributed by atoms with Gasteiger partial charge < -0.3 is 9.64 Å². The molecule has 5 heteroatoms. The molecule has 1 aromatic heterocycles. The maximum absolute atomic E-state index is 13.1. The summed E-state index contributed by atoms with van der Waals surface area (Å²) >= 11 is 3.62. The molecule has 1 aliphatic rings. The van der Waals surface area contributed by atoms with Crippen LogP contribution < -0.4 is 0 Å². The third kappa shape index (κ3) is 6.37. The Bertz CT molecular complexity index is 692. The van der Waals surface area contributed by atoms with Gasteiger partial charge in [-0.05, 0) is 48.4 Å². The summed E-state index contributed by atoms with van der Waals surface area (Å²) in [5.41, 5.74) is 1.10. The van der Waals surface area contributed by atoms with Crippen molar-refractivity contribution >= 4 is 29.0 Å². The summed E-state index contributed by atoms with van der Waals surface area (Å²) in [5.74, 6) is 0.239. The molecular formula is C22H29NO2S2. The van der Waals surface area contributed by atoms with Crippen LogP contribution in [0, 0.1) is 0 Å². The summed E-state index contributed by atoms with van der Waals surface area (Å²) in [7, 11) is 0. The SMILES string of the molecule is CC(C)Sc1ccc(CC(=O)N(CCc2cccs2)C2CCOCC2)cc1. The number of thiophene rings is 1. The van der Waals surface area contributed by atoms with Crippen molar-refractivity contribution in [2.24, 2.45) is 0 Å². The van der Waals surface area contributed by atoms with E-state index < -0.39 is 0 Å². The number of carbonyl (C=O) groups is 1. The number of hydrogen-bond acceptors (Lipinski definition) is 4. The van der Waals surface area contributed by atoms with Gasteiger partial charge in [0, 0.05) is 40.8 Å². The van der Waals surface area contributed by atoms with E-state index in [9.17, 15) is 4.79 Å². The average molecular weight is 404 g/mol. The molecule has 2 heterocycles. The first kappa shape index (κ1) is 20.4. The minimum Gasteiger partial charge on any atom is -0.381 e. The molecule has 27 heavy (non-hydrogen) atoms. The van der Waals surface area contributed by atoms with E-state index in [1.54, 1.807) is 11.3 Å². The highest BCUT2D eigenvalue weighted by Gasteiger charge is 2.25. The molecule has 1 aliphatic heterocycles. The number of rotatable bonds is 8. The molecule has 0 saturated carbocycles. The molecule has 0 spiro atoms. The Morgan fingerprint density at radius 3 is 2.59 bits per heavy atom. The van der Waals surface area contributed by atoms with Gasteiger partial charge in [-0.15, -0.1) is 23.1 Å². The minimum atomic E-state index is 0.239.